The number of nitro groups is 1. The summed E-state index contributed by atoms with van der Waals surface area (Å²) < 4.78 is 47.3. The normalized spacial score (nSPS) is 12.7. The van der Waals surface area contributed by atoms with Crippen LogP contribution in [-0.2, 0) is 9.53 Å². The molecule has 29 heavy (non-hydrogen) atoms. The SMILES string of the molecule is CCCOC(=O)C(C=NNC(C)(C)C)=C(O)c1c(F)c(C)c(F)c(F)c1[N+](=O)[O-]. The predicted molar refractivity (Wildman–Crippen MR) is 99.9 cm³/mol. The number of nitrogens with zero attached hydrogens (tertiary/aromatic N) is 2. The van der Waals surface area contributed by atoms with Gasteiger partial charge in [0, 0.05) is 11.1 Å². The molecule has 1 aromatic carbocycles. The molecule has 0 atom stereocenters. The highest BCUT2D eigenvalue weighted by molar-refractivity contribution is 6.15. The van der Waals surface area contributed by atoms with Gasteiger partial charge in [0.25, 0.3) is 0 Å². The summed E-state index contributed by atoms with van der Waals surface area (Å²) in [6.07, 6.45) is 1.17. The molecule has 0 amide bonds. The van der Waals surface area contributed by atoms with Crippen LogP contribution in [-0.4, -0.2) is 34.4 Å². The molecule has 1 rings (SSSR count). The van der Waals surface area contributed by atoms with Crippen LogP contribution in [0.5, 0.6) is 0 Å². The van der Waals surface area contributed by atoms with Gasteiger partial charge in [0.15, 0.2) is 5.82 Å². The fourth-order valence-electron chi connectivity index (χ4n) is 2.06. The number of aliphatic hydroxyl groups excluding tert-OH is 1. The van der Waals surface area contributed by atoms with E-state index in [2.05, 4.69) is 10.5 Å². The number of hydrogen-bond acceptors (Lipinski definition) is 7. The smallest absolute Gasteiger partial charge is 0.343 e. The van der Waals surface area contributed by atoms with E-state index >= 15 is 0 Å². The fourth-order valence-corrected chi connectivity index (χ4v) is 2.06. The lowest BCUT2D eigenvalue weighted by Crippen LogP contribution is -2.31. The van der Waals surface area contributed by atoms with Gasteiger partial charge in [-0.15, -0.1) is 0 Å². The third-order valence-corrected chi connectivity index (χ3v) is 3.44. The van der Waals surface area contributed by atoms with Crippen molar-refractivity contribution in [3.63, 3.8) is 0 Å². The number of esters is 1. The lowest BCUT2D eigenvalue weighted by atomic mass is 10.0. The second kappa shape index (κ2) is 9.39. The fraction of sp³-hybridized carbons (Fsp3) is 0.444. The van der Waals surface area contributed by atoms with Gasteiger partial charge in [-0.1, -0.05) is 6.92 Å². The van der Waals surface area contributed by atoms with Crippen LogP contribution < -0.4 is 5.43 Å². The summed E-state index contributed by atoms with van der Waals surface area (Å²) >= 11 is 0. The van der Waals surface area contributed by atoms with Crippen molar-refractivity contribution in [1.82, 2.24) is 5.43 Å². The molecule has 0 fully saturated rings. The summed E-state index contributed by atoms with van der Waals surface area (Å²) in [4.78, 5) is 22.1. The van der Waals surface area contributed by atoms with Gasteiger partial charge in [-0.25, -0.2) is 13.6 Å². The average Bonchev–Trinajstić information content (AvgIpc) is 2.62. The highest BCUT2D eigenvalue weighted by Crippen LogP contribution is 2.35. The molecular weight excluding hydrogens is 395 g/mol. The van der Waals surface area contributed by atoms with Crippen molar-refractivity contribution < 1.29 is 32.7 Å². The molecule has 8 nitrogen and oxygen atoms in total. The van der Waals surface area contributed by atoms with E-state index in [0.29, 0.717) is 6.42 Å². The molecule has 0 saturated carbocycles. The van der Waals surface area contributed by atoms with Crippen LogP contribution in [0, 0.1) is 34.5 Å². The van der Waals surface area contributed by atoms with E-state index in [1.807, 2.05) is 0 Å². The first-order chi connectivity index (χ1) is 13.3. The molecule has 0 saturated heterocycles. The van der Waals surface area contributed by atoms with E-state index in [0.717, 1.165) is 13.1 Å². The first-order valence-electron chi connectivity index (χ1n) is 8.55. The molecular formula is C18H22F3N3O5. The van der Waals surface area contributed by atoms with E-state index in [9.17, 15) is 33.2 Å². The van der Waals surface area contributed by atoms with Gasteiger partial charge < -0.3 is 15.3 Å². The zero-order valence-electron chi connectivity index (χ0n) is 16.6. The molecule has 0 heterocycles. The average molecular weight is 417 g/mol. The number of carbonyl (C=O) groups is 1. The van der Waals surface area contributed by atoms with Gasteiger partial charge in [0.1, 0.15) is 22.7 Å². The zero-order valence-corrected chi connectivity index (χ0v) is 16.6. The molecule has 0 aromatic heterocycles. The molecule has 1 aromatic rings. The van der Waals surface area contributed by atoms with E-state index in [-0.39, 0.29) is 6.61 Å². The molecule has 0 aliphatic carbocycles. The van der Waals surface area contributed by atoms with E-state index < -0.39 is 62.0 Å². The highest BCUT2D eigenvalue weighted by Gasteiger charge is 2.35. The number of ether oxygens (including phenoxy) is 1. The molecule has 0 unspecified atom stereocenters. The Balaban J connectivity index is 3.78. The van der Waals surface area contributed by atoms with Crippen LogP contribution in [0.1, 0.15) is 45.2 Å². The number of aliphatic hydroxyl groups is 1. The second-order valence-corrected chi connectivity index (χ2v) is 7.07. The molecule has 0 spiro atoms. The summed E-state index contributed by atoms with van der Waals surface area (Å²) in [5.74, 6) is -7.83. The van der Waals surface area contributed by atoms with Crippen LogP contribution >= 0.6 is 0 Å². The van der Waals surface area contributed by atoms with Gasteiger partial charge in [-0.05, 0) is 34.1 Å². The van der Waals surface area contributed by atoms with Crippen LogP contribution in [0.15, 0.2) is 10.7 Å². The third-order valence-electron chi connectivity index (χ3n) is 3.44. The number of halogens is 3. The Morgan fingerprint density at radius 3 is 2.34 bits per heavy atom. The van der Waals surface area contributed by atoms with Crippen molar-refractivity contribution in [2.24, 2.45) is 5.10 Å². The predicted octanol–water partition coefficient (Wildman–Crippen LogP) is 3.92. The van der Waals surface area contributed by atoms with Crippen molar-refractivity contribution in [2.75, 3.05) is 6.61 Å². The first-order valence-corrected chi connectivity index (χ1v) is 8.55. The maximum Gasteiger partial charge on any atom is 0.343 e. The molecule has 2 N–H and O–H groups in total. The Labute approximate surface area is 165 Å². The quantitative estimate of drug-likeness (QED) is 0.132. The molecule has 0 aliphatic rings. The minimum Gasteiger partial charge on any atom is -0.506 e. The number of benzene rings is 1. The maximum atomic E-state index is 14.6. The van der Waals surface area contributed by atoms with Crippen LogP contribution in [0.3, 0.4) is 0 Å². The van der Waals surface area contributed by atoms with Gasteiger partial charge in [0.2, 0.25) is 5.82 Å². The molecule has 0 bridgehead atoms. The Hall–Kier alpha value is -3.11. The minimum atomic E-state index is -1.97. The third kappa shape index (κ3) is 5.69. The summed E-state index contributed by atoms with van der Waals surface area (Å²) in [7, 11) is 0. The zero-order chi connectivity index (χ0) is 22.5. The Bertz CT molecular complexity index is 877. The number of hydrazone groups is 1. The van der Waals surface area contributed by atoms with Crippen LogP contribution in [0.25, 0.3) is 5.76 Å². The first kappa shape index (κ1) is 23.9. The van der Waals surface area contributed by atoms with Crippen LogP contribution in [0.4, 0.5) is 18.9 Å². The molecule has 11 heteroatoms. The number of nitrogens with one attached hydrogen (secondary N) is 1. The molecule has 0 aliphatic heterocycles. The van der Waals surface area contributed by atoms with E-state index in [4.69, 9.17) is 4.74 Å². The van der Waals surface area contributed by atoms with Crippen molar-refractivity contribution in [3.05, 3.63) is 44.3 Å². The lowest BCUT2D eigenvalue weighted by Gasteiger charge is -2.17. The summed E-state index contributed by atoms with van der Waals surface area (Å²) in [5, 5.41) is 25.4. The number of hydrogen-bond donors (Lipinski definition) is 2. The summed E-state index contributed by atoms with van der Waals surface area (Å²) in [6.45, 7) is 7.63. The molecule has 0 radical (unpaired) electrons. The van der Waals surface area contributed by atoms with Crippen molar-refractivity contribution in [3.8, 4) is 0 Å². The number of carbonyl (C=O) groups excluding carboxylic acids is 1. The van der Waals surface area contributed by atoms with E-state index in [1.54, 1.807) is 27.7 Å². The van der Waals surface area contributed by atoms with Gasteiger partial charge in [-0.3, -0.25) is 10.1 Å². The summed E-state index contributed by atoms with van der Waals surface area (Å²) in [5.41, 5.74) is -2.56. The van der Waals surface area contributed by atoms with E-state index in [1.165, 1.54) is 0 Å². The minimum absolute atomic E-state index is 0.0719. The van der Waals surface area contributed by atoms with Gasteiger partial charge in [-0.2, -0.15) is 9.49 Å². The van der Waals surface area contributed by atoms with Gasteiger partial charge in [0.05, 0.1) is 17.7 Å². The maximum absolute atomic E-state index is 14.6. The Morgan fingerprint density at radius 2 is 1.86 bits per heavy atom. The largest absolute Gasteiger partial charge is 0.506 e. The topological polar surface area (TPSA) is 114 Å². The van der Waals surface area contributed by atoms with Crippen molar-refractivity contribution in [2.45, 2.75) is 46.6 Å². The van der Waals surface area contributed by atoms with Gasteiger partial charge >= 0.3 is 11.7 Å². The number of nitro benzene ring substituents is 1. The Morgan fingerprint density at radius 1 is 1.28 bits per heavy atom. The standard InChI is InChI=1S/C18H22F3N3O5/c1-6-7-29-17(26)10(8-22-23-18(3,4)5)16(25)11-12(19)9(2)13(20)14(21)15(11)24(27)28/h8,23,25H,6-7H2,1-5H3. The Kier molecular flexibility index (Phi) is 7.75. The molecule has 160 valence electrons. The second-order valence-electron chi connectivity index (χ2n) is 7.07. The van der Waals surface area contributed by atoms with Crippen LogP contribution in [0.2, 0.25) is 0 Å². The van der Waals surface area contributed by atoms with Crippen molar-refractivity contribution >= 4 is 23.6 Å². The lowest BCUT2D eigenvalue weighted by molar-refractivity contribution is -0.388. The highest BCUT2D eigenvalue weighted by atomic mass is 19.2. The monoisotopic (exact) mass is 417 g/mol. The summed E-state index contributed by atoms with van der Waals surface area (Å²) in [6, 6.07) is 0. The van der Waals surface area contributed by atoms with Crippen molar-refractivity contribution in [1.29, 1.82) is 0 Å². The number of rotatable bonds is 7.